The van der Waals surface area contributed by atoms with Gasteiger partial charge in [0.15, 0.2) is 11.2 Å². The number of pyridine rings is 2. The number of nitrogens with one attached hydrogen (secondary N) is 2. The van der Waals surface area contributed by atoms with Crippen molar-refractivity contribution >= 4 is 28.3 Å². The molecule has 0 spiro atoms. The van der Waals surface area contributed by atoms with Crippen LogP contribution in [0.1, 0.15) is 29.7 Å². The maximum absolute atomic E-state index is 13.4. The third-order valence-electron chi connectivity index (χ3n) is 5.92. The van der Waals surface area contributed by atoms with Gasteiger partial charge in [0.2, 0.25) is 11.7 Å². The molecule has 37 heavy (non-hydrogen) atoms. The highest BCUT2D eigenvalue weighted by Gasteiger charge is 2.21. The minimum absolute atomic E-state index is 0.129. The van der Waals surface area contributed by atoms with E-state index < -0.39 is 5.76 Å². The predicted octanol–water partition coefficient (Wildman–Crippen LogP) is 5.05. The fourth-order valence-electron chi connectivity index (χ4n) is 4.16. The molecule has 0 aliphatic heterocycles. The molecule has 11 heteroatoms. The molecule has 0 fully saturated rings. The van der Waals surface area contributed by atoms with E-state index >= 15 is 0 Å². The fourth-order valence-corrected chi connectivity index (χ4v) is 4.31. The Bertz CT molecular complexity index is 1760. The molecule has 5 aromatic rings. The average Bonchev–Trinajstić information content (AvgIpc) is 3.33. The van der Waals surface area contributed by atoms with Gasteiger partial charge in [0.25, 0.3) is 0 Å². The predicted molar refractivity (Wildman–Crippen MR) is 139 cm³/mol. The molecule has 2 N–H and O–H groups in total. The molecule has 0 unspecified atom stereocenters. The lowest BCUT2D eigenvalue weighted by atomic mass is 9.99. The van der Waals surface area contributed by atoms with Gasteiger partial charge < -0.3 is 14.5 Å². The van der Waals surface area contributed by atoms with Gasteiger partial charge in [-0.05, 0) is 50.6 Å². The third-order valence-corrected chi connectivity index (χ3v) is 6.13. The van der Waals surface area contributed by atoms with Crippen molar-refractivity contribution in [2.24, 2.45) is 0 Å². The van der Waals surface area contributed by atoms with Crippen LogP contribution in [0.15, 0.2) is 61.0 Å². The molecule has 10 nitrogen and oxygen atoms in total. The largest absolute Gasteiger partial charge is 0.481 e. The first-order valence-corrected chi connectivity index (χ1v) is 11.7. The number of ether oxygens (including phenoxy) is 1. The van der Waals surface area contributed by atoms with Crippen LogP contribution in [-0.4, -0.2) is 27.2 Å². The zero-order valence-electron chi connectivity index (χ0n) is 20.4. The molecule has 0 saturated heterocycles. The number of rotatable bonds is 6. The zero-order chi connectivity index (χ0) is 26.3. The summed E-state index contributed by atoms with van der Waals surface area (Å²) in [6.45, 7) is 5.55. The Morgan fingerprint density at radius 1 is 1.11 bits per heavy atom. The van der Waals surface area contributed by atoms with Gasteiger partial charge in [-0.3, -0.25) is 14.3 Å². The van der Waals surface area contributed by atoms with E-state index in [-0.39, 0.29) is 22.4 Å². The number of aryl methyl sites for hydroxylation is 1. The van der Waals surface area contributed by atoms with Gasteiger partial charge in [0, 0.05) is 17.2 Å². The average molecular weight is 520 g/mol. The molecule has 0 bridgehead atoms. The summed E-state index contributed by atoms with van der Waals surface area (Å²) in [6, 6.07) is 12.0. The first-order valence-electron chi connectivity index (χ1n) is 11.3. The number of hydrogen-bond donors (Lipinski definition) is 2. The minimum Gasteiger partial charge on any atom is -0.481 e. The Balaban J connectivity index is 1.65. The molecule has 5 rings (SSSR count). The van der Waals surface area contributed by atoms with E-state index in [0.717, 1.165) is 11.1 Å². The van der Waals surface area contributed by atoms with Crippen molar-refractivity contribution in [2.45, 2.75) is 26.8 Å². The van der Waals surface area contributed by atoms with Gasteiger partial charge in [0.05, 0.1) is 24.2 Å². The van der Waals surface area contributed by atoms with Crippen LogP contribution in [0, 0.1) is 13.8 Å². The molecular formula is C26H22ClN5O5. The van der Waals surface area contributed by atoms with E-state index in [0.29, 0.717) is 45.2 Å². The topological polar surface area (TPSA) is 136 Å². The molecule has 4 aromatic heterocycles. The zero-order valence-corrected chi connectivity index (χ0v) is 21.1. The fraction of sp³-hybridized carbons (Fsp3) is 0.192. The first-order chi connectivity index (χ1) is 17.7. The molecule has 188 valence electrons. The second-order valence-electron chi connectivity index (χ2n) is 8.52. The second-order valence-corrected chi connectivity index (χ2v) is 8.91. The van der Waals surface area contributed by atoms with Crippen molar-refractivity contribution in [1.82, 2.24) is 20.1 Å². The number of anilines is 1. The van der Waals surface area contributed by atoms with Gasteiger partial charge in [0.1, 0.15) is 22.1 Å². The van der Waals surface area contributed by atoms with Crippen LogP contribution < -0.4 is 21.2 Å². The summed E-state index contributed by atoms with van der Waals surface area (Å²) in [5.41, 5.74) is 3.70. The Morgan fingerprint density at radius 3 is 2.65 bits per heavy atom. The number of benzene rings is 1. The monoisotopic (exact) mass is 519 g/mol. The Kier molecular flexibility index (Phi) is 6.26. The van der Waals surface area contributed by atoms with Crippen LogP contribution in [0.25, 0.3) is 33.9 Å². The molecule has 0 amide bonds. The highest BCUT2D eigenvalue weighted by Crippen LogP contribution is 2.34. The summed E-state index contributed by atoms with van der Waals surface area (Å²) in [6.07, 6.45) is 0. The molecule has 0 radical (unpaired) electrons. The number of nitrogens with zero attached hydrogens (tertiary/aromatic N) is 3. The highest BCUT2D eigenvalue weighted by atomic mass is 35.5. The number of hydrogen-bond acceptors (Lipinski definition) is 9. The van der Waals surface area contributed by atoms with E-state index in [9.17, 15) is 9.59 Å². The van der Waals surface area contributed by atoms with Gasteiger partial charge in [-0.1, -0.05) is 28.9 Å². The van der Waals surface area contributed by atoms with Crippen molar-refractivity contribution in [1.29, 1.82) is 0 Å². The molecule has 1 atom stereocenters. The van der Waals surface area contributed by atoms with E-state index in [1.165, 1.54) is 7.11 Å². The summed E-state index contributed by atoms with van der Waals surface area (Å²) >= 11 is 6.10. The molecule has 0 aliphatic carbocycles. The smallest absolute Gasteiger partial charge is 0.439 e. The van der Waals surface area contributed by atoms with Crippen molar-refractivity contribution in [3.05, 3.63) is 85.1 Å². The lowest BCUT2D eigenvalue weighted by molar-refractivity contribution is 0.388. The van der Waals surface area contributed by atoms with Crippen molar-refractivity contribution < 1.29 is 13.7 Å². The quantitative estimate of drug-likeness (QED) is 0.295. The van der Waals surface area contributed by atoms with E-state index in [1.807, 2.05) is 26.0 Å². The first kappa shape index (κ1) is 24.3. The lowest BCUT2D eigenvalue weighted by Gasteiger charge is -2.20. The van der Waals surface area contributed by atoms with Gasteiger partial charge in [-0.25, -0.2) is 14.8 Å². The Labute approximate surface area is 215 Å². The van der Waals surface area contributed by atoms with Gasteiger partial charge >= 0.3 is 5.76 Å². The SMILES string of the molecule is COc1cccc(-c2oc3c([C@@H](C)Nc4ccc(Cl)nc4-c4noc(=O)[nH]4)cc(C)cc3c(=O)c2C)n1. The van der Waals surface area contributed by atoms with Crippen molar-refractivity contribution in [2.75, 3.05) is 12.4 Å². The number of methoxy groups -OCH3 is 1. The summed E-state index contributed by atoms with van der Waals surface area (Å²) < 4.78 is 16.3. The summed E-state index contributed by atoms with van der Waals surface area (Å²) in [4.78, 5) is 36.2. The summed E-state index contributed by atoms with van der Waals surface area (Å²) in [5.74, 6) is 0.191. The Hall–Kier alpha value is -4.44. The normalized spacial score (nSPS) is 12.0. The van der Waals surface area contributed by atoms with Gasteiger partial charge in [-0.2, -0.15) is 0 Å². The second kappa shape index (κ2) is 9.55. The molecular weight excluding hydrogens is 498 g/mol. The maximum atomic E-state index is 13.4. The molecule has 1 aromatic carbocycles. The van der Waals surface area contributed by atoms with Crippen molar-refractivity contribution in [3.63, 3.8) is 0 Å². The third kappa shape index (κ3) is 4.58. The Morgan fingerprint density at radius 2 is 1.92 bits per heavy atom. The summed E-state index contributed by atoms with van der Waals surface area (Å²) in [5, 5.41) is 7.78. The van der Waals surface area contributed by atoms with E-state index in [1.54, 1.807) is 37.3 Å². The van der Waals surface area contributed by atoms with Crippen LogP contribution in [0.5, 0.6) is 5.88 Å². The van der Waals surface area contributed by atoms with Crippen LogP contribution in [0.2, 0.25) is 5.15 Å². The van der Waals surface area contributed by atoms with Crippen LogP contribution in [0.4, 0.5) is 5.69 Å². The minimum atomic E-state index is -0.712. The number of aromatic nitrogens is 4. The standard InChI is InChI=1S/C26H22ClN5O5/c1-12-10-15(14(3)28-17-8-9-19(27)30-21(17)25-31-26(34)37-32-25)24-16(11-12)22(33)13(2)23(36-24)18-6-5-7-20(29-18)35-4/h5-11,14,28H,1-4H3,(H,31,32,34)/t14-/m1/s1. The number of fused-ring (bicyclic) bond motifs is 1. The molecule has 4 heterocycles. The van der Waals surface area contributed by atoms with Crippen LogP contribution in [-0.2, 0) is 0 Å². The van der Waals surface area contributed by atoms with Gasteiger partial charge in [-0.15, -0.1) is 0 Å². The molecule has 0 saturated carbocycles. The molecule has 0 aliphatic rings. The number of halogens is 1. The van der Waals surface area contributed by atoms with Crippen LogP contribution in [0.3, 0.4) is 0 Å². The van der Waals surface area contributed by atoms with Crippen LogP contribution >= 0.6 is 11.6 Å². The van der Waals surface area contributed by atoms with Crippen molar-refractivity contribution in [3.8, 4) is 28.9 Å². The highest BCUT2D eigenvalue weighted by molar-refractivity contribution is 6.29. The number of aromatic amines is 1. The van der Waals surface area contributed by atoms with E-state index in [4.69, 9.17) is 20.8 Å². The lowest BCUT2D eigenvalue weighted by Crippen LogP contribution is -2.13. The maximum Gasteiger partial charge on any atom is 0.439 e. The number of H-pyrrole nitrogens is 1. The van der Waals surface area contributed by atoms with E-state index in [2.05, 4.69) is 29.9 Å². The summed E-state index contributed by atoms with van der Waals surface area (Å²) in [7, 11) is 1.53.